The van der Waals surface area contributed by atoms with Crippen molar-refractivity contribution in [2.24, 2.45) is 0 Å². The lowest BCUT2D eigenvalue weighted by molar-refractivity contribution is -0.137. The molecule has 41 heavy (non-hydrogen) atoms. The maximum atomic E-state index is 13.9. The predicted octanol–water partition coefficient (Wildman–Crippen LogP) is 5.14. The van der Waals surface area contributed by atoms with E-state index in [1.54, 1.807) is 0 Å². The fraction of sp³-hybridized carbons (Fsp3) is 0.231. The van der Waals surface area contributed by atoms with E-state index in [4.69, 9.17) is 9.47 Å². The predicted molar refractivity (Wildman–Crippen MR) is 134 cm³/mol. The Bertz CT molecular complexity index is 1720. The largest absolute Gasteiger partial charge is 0.486 e. The summed E-state index contributed by atoms with van der Waals surface area (Å²) in [5, 5.41) is 3.37. The number of hydrogen-bond acceptors (Lipinski definition) is 7. The number of hydrogen-bond donors (Lipinski definition) is 1. The molecule has 0 bridgehead atoms. The molecular weight excluding hydrogens is 577 g/mol. The van der Waals surface area contributed by atoms with E-state index >= 15 is 0 Å². The number of sulfonamides is 1. The highest BCUT2D eigenvalue weighted by Gasteiger charge is 2.37. The number of aromatic amines is 1. The summed E-state index contributed by atoms with van der Waals surface area (Å²) in [5.41, 5.74) is -0.789. The summed E-state index contributed by atoms with van der Waals surface area (Å²) in [6.45, 7) is -0.229. The van der Waals surface area contributed by atoms with Gasteiger partial charge in [-0.3, -0.25) is 8.83 Å². The molecule has 0 aliphatic carbocycles. The summed E-state index contributed by atoms with van der Waals surface area (Å²) >= 11 is 0. The van der Waals surface area contributed by atoms with Crippen molar-refractivity contribution < 1.29 is 44.4 Å². The number of nitrogens with zero attached hydrogens (tertiary/aromatic N) is 2. The zero-order chi connectivity index (χ0) is 29.4. The van der Waals surface area contributed by atoms with Crippen molar-refractivity contribution >= 4 is 15.7 Å². The Labute approximate surface area is 229 Å². The van der Waals surface area contributed by atoms with Crippen LogP contribution in [0, 0.1) is 11.6 Å². The molecule has 0 spiro atoms. The molecule has 4 aromatic rings. The van der Waals surface area contributed by atoms with E-state index in [1.807, 2.05) is 0 Å². The van der Waals surface area contributed by atoms with Crippen LogP contribution in [0.1, 0.15) is 18.4 Å². The molecule has 0 fully saturated rings. The summed E-state index contributed by atoms with van der Waals surface area (Å²) in [7, 11) is -4.57. The van der Waals surface area contributed by atoms with E-state index in [2.05, 4.69) is 14.7 Å². The average Bonchev–Trinajstić information content (AvgIpc) is 3.34. The number of rotatable bonds is 8. The van der Waals surface area contributed by atoms with Crippen LogP contribution >= 0.6 is 0 Å². The maximum absolute atomic E-state index is 13.9. The van der Waals surface area contributed by atoms with Crippen LogP contribution in [-0.4, -0.2) is 37.8 Å². The van der Waals surface area contributed by atoms with E-state index in [9.17, 15) is 35.2 Å². The van der Waals surface area contributed by atoms with Crippen LogP contribution in [0.2, 0.25) is 0 Å². The molecule has 15 heteroatoms. The van der Waals surface area contributed by atoms with Crippen molar-refractivity contribution in [3.05, 3.63) is 88.4 Å². The zero-order valence-corrected chi connectivity index (χ0v) is 21.6. The van der Waals surface area contributed by atoms with Crippen LogP contribution in [-0.2, 0) is 16.2 Å². The third kappa shape index (κ3) is 6.19. The minimum Gasteiger partial charge on any atom is -0.486 e. The molecule has 0 saturated carbocycles. The smallest absolute Gasteiger partial charge is 0.441 e. The number of benzene rings is 3. The first-order valence-electron chi connectivity index (χ1n) is 12.1. The lowest BCUT2D eigenvalue weighted by Gasteiger charge is -2.36. The summed E-state index contributed by atoms with van der Waals surface area (Å²) < 4.78 is 112. The lowest BCUT2D eigenvalue weighted by atomic mass is 10.0. The third-order valence-electron chi connectivity index (χ3n) is 6.17. The molecule has 1 unspecified atom stereocenters. The van der Waals surface area contributed by atoms with Crippen LogP contribution < -0.4 is 19.5 Å². The van der Waals surface area contributed by atoms with Crippen molar-refractivity contribution in [2.45, 2.75) is 30.0 Å². The van der Waals surface area contributed by atoms with Crippen LogP contribution in [0.25, 0.3) is 11.1 Å². The SMILES string of the molecule is O=c1[nH]c(OCCCC2CN(S(=O)(=O)c3cccc(C(F)(F)F)c3)c3cc(-c4cc(F)cc(F)c4)ccc3O2)no1. The van der Waals surface area contributed by atoms with Gasteiger partial charge >= 0.3 is 17.9 Å². The second-order valence-corrected chi connectivity index (χ2v) is 10.9. The number of halogens is 5. The van der Waals surface area contributed by atoms with Gasteiger partial charge < -0.3 is 9.47 Å². The van der Waals surface area contributed by atoms with E-state index in [1.165, 1.54) is 18.2 Å². The van der Waals surface area contributed by atoms with Gasteiger partial charge in [-0.1, -0.05) is 12.1 Å². The normalized spacial score (nSPS) is 15.3. The fourth-order valence-corrected chi connectivity index (χ4v) is 5.85. The van der Waals surface area contributed by atoms with E-state index in [-0.39, 0.29) is 48.1 Å². The van der Waals surface area contributed by atoms with Crippen LogP contribution in [0.4, 0.5) is 27.6 Å². The Morgan fingerprint density at radius 3 is 2.46 bits per heavy atom. The molecule has 1 aliphatic rings. The Hall–Kier alpha value is -4.40. The third-order valence-corrected chi connectivity index (χ3v) is 7.94. The molecule has 1 aliphatic heterocycles. The van der Waals surface area contributed by atoms with Crippen molar-refractivity contribution in [1.29, 1.82) is 0 Å². The van der Waals surface area contributed by atoms with Gasteiger partial charge in [0, 0.05) is 6.07 Å². The first kappa shape index (κ1) is 28.1. The van der Waals surface area contributed by atoms with Crippen molar-refractivity contribution in [1.82, 2.24) is 10.1 Å². The first-order chi connectivity index (χ1) is 19.4. The standard InChI is InChI=1S/C26H20F5N3O6S/c27-18-9-16(10-19(28)13-18)15-6-7-23-22(11-15)34(41(36,37)21-5-1-3-17(12-21)26(29,30)31)14-20(39-23)4-2-8-38-24-32-25(35)40-33-24/h1,3,5-7,9-13,20H,2,4,8,14H2,(H,32,33,35). The maximum Gasteiger partial charge on any atom is 0.441 e. The van der Waals surface area contributed by atoms with E-state index in [0.717, 1.165) is 34.6 Å². The Balaban J connectivity index is 1.48. The highest BCUT2D eigenvalue weighted by molar-refractivity contribution is 7.92. The summed E-state index contributed by atoms with van der Waals surface area (Å²) in [4.78, 5) is 12.6. The number of ether oxygens (including phenoxy) is 2. The Morgan fingerprint density at radius 1 is 1.02 bits per heavy atom. The van der Waals surface area contributed by atoms with Crippen molar-refractivity contribution in [3.63, 3.8) is 0 Å². The Kier molecular flexibility index (Phi) is 7.46. The number of anilines is 1. The van der Waals surface area contributed by atoms with Gasteiger partial charge in [-0.25, -0.2) is 27.0 Å². The number of alkyl halides is 3. The second kappa shape index (κ2) is 10.9. The van der Waals surface area contributed by atoms with Gasteiger partial charge in [-0.15, -0.1) is 0 Å². The molecule has 0 radical (unpaired) electrons. The van der Waals surface area contributed by atoms with Gasteiger partial charge in [0.15, 0.2) is 0 Å². The molecule has 216 valence electrons. The minimum atomic E-state index is -4.78. The molecule has 0 saturated heterocycles. The average molecular weight is 598 g/mol. The van der Waals surface area contributed by atoms with Crippen LogP contribution in [0.15, 0.2) is 74.9 Å². The van der Waals surface area contributed by atoms with Gasteiger partial charge in [0.1, 0.15) is 23.5 Å². The Morgan fingerprint density at radius 2 is 1.78 bits per heavy atom. The van der Waals surface area contributed by atoms with Gasteiger partial charge in [0.2, 0.25) is 0 Å². The van der Waals surface area contributed by atoms with Crippen molar-refractivity contribution in [2.75, 3.05) is 17.5 Å². The van der Waals surface area contributed by atoms with Gasteiger partial charge in [0.25, 0.3) is 10.0 Å². The number of aromatic nitrogens is 2. The highest BCUT2D eigenvalue weighted by Crippen LogP contribution is 2.41. The lowest BCUT2D eigenvalue weighted by Crippen LogP contribution is -2.43. The van der Waals surface area contributed by atoms with Crippen molar-refractivity contribution in [3.8, 4) is 22.9 Å². The van der Waals surface area contributed by atoms with E-state index < -0.39 is 50.2 Å². The fourth-order valence-electron chi connectivity index (χ4n) is 4.31. The highest BCUT2D eigenvalue weighted by atomic mass is 32.2. The second-order valence-electron chi connectivity index (χ2n) is 9.03. The first-order valence-corrected chi connectivity index (χ1v) is 13.5. The molecule has 1 aromatic heterocycles. The van der Waals surface area contributed by atoms with Gasteiger partial charge in [-0.05, 0) is 71.6 Å². The van der Waals surface area contributed by atoms with Crippen LogP contribution in [0.5, 0.6) is 11.8 Å². The minimum absolute atomic E-state index is 0.0164. The molecular formula is C26H20F5N3O6S. The summed E-state index contributed by atoms with van der Waals surface area (Å²) in [6, 6.07) is 10.2. The van der Waals surface area contributed by atoms with Gasteiger partial charge in [-0.2, -0.15) is 13.2 Å². The molecule has 1 atom stereocenters. The molecule has 9 nitrogen and oxygen atoms in total. The monoisotopic (exact) mass is 597 g/mol. The molecule has 0 amide bonds. The topological polar surface area (TPSA) is 115 Å². The molecule has 5 rings (SSSR count). The molecule has 2 heterocycles. The number of H-pyrrole nitrogens is 1. The molecule has 1 N–H and O–H groups in total. The quantitative estimate of drug-likeness (QED) is 0.221. The molecule has 3 aromatic carbocycles. The van der Waals surface area contributed by atoms with E-state index in [0.29, 0.717) is 18.6 Å². The zero-order valence-electron chi connectivity index (χ0n) is 20.8. The summed E-state index contributed by atoms with van der Waals surface area (Å²) in [6.07, 6.45) is -4.97. The number of fused-ring (bicyclic) bond motifs is 1. The van der Waals surface area contributed by atoms with Gasteiger partial charge in [0.05, 0.1) is 29.3 Å². The number of nitrogens with one attached hydrogen (secondary N) is 1. The van der Waals surface area contributed by atoms with Crippen LogP contribution in [0.3, 0.4) is 0 Å². The summed E-state index contributed by atoms with van der Waals surface area (Å²) in [5.74, 6) is -2.40.